The van der Waals surface area contributed by atoms with Gasteiger partial charge in [-0.25, -0.2) is 4.68 Å². The number of halogens is 1. The minimum absolute atomic E-state index is 0.749. The Bertz CT molecular complexity index is 521. The lowest BCUT2D eigenvalue weighted by molar-refractivity contribution is 0.831. The molecule has 0 bridgehead atoms. The SMILES string of the molecule is Cc1cc(C)cc(-n2nc(C)c(Cl)c2C)c1. The third kappa shape index (κ3) is 1.85. The van der Waals surface area contributed by atoms with Crippen molar-refractivity contribution >= 4 is 11.6 Å². The van der Waals surface area contributed by atoms with E-state index in [-0.39, 0.29) is 0 Å². The van der Waals surface area contributed by atoms with Crippen molar-refractivity contribution in [1.29, 1.82) is 0 Å². The smallest absolute Gasteiger partial charge is 0.0848 e. The van der Waals surface area contributed by atoms with Gasteiger partial charge in [0.05, 0.1) is 22.1 Å². The monoisotopic (exact) mass is 234 g/mol. The molecule has 16 heavy (non-hydrogen) atoms. The number of rotatable bonds is 1. The highest BCUT2D eigenvalue weighted by molar-refractivity contribution is 6.31. The summed E-state index contributed by atoms with van der Waals surface area (Å²) in [6.07, 6.45) is 0. The zero-order valence-corrected chi connectivity index (χ0v) is 10.8. The number of nitrogens with zero attached hydrogens (tertiary/aromatic N) is 2. The number of hydrogen-bond acceptors (Lipinski definition) is 1. The number of aromatic nitrogens is 2. The predicted octanol–water partition coefficient (Wildman–Crippen LogP) is 3.76. The van der Waals surface area contributed by atoms with Crippen LogP contribution in [0.4, 0.5) is 0 Å². The molecule has 0 aliphatic heterocycles. The second kappa shape index (κ2) is 3.95. The van der Waals surface area contributed by atoms with Crippen LogP contribution in [0.5, 0.6) is 0 Å². The first-order valence-electron chi connectivity index (χ1n) is 5.29. The van der Waals surface area contributed by atoms with Crippen LogP contribution in [-0.4, -0.2) is 9.78 Å². The van der Waals surface area contributed by atoms with Crippen LogP contribution in [0.3, 0.4) is 0 Å². The van der Waals surface area contributed by atoms with Gasteiger partial charge in [0.15, 0.2) is 0 Å². The summed E-state index contributed by atoms with van der Waals surface area (Å²) in [7, 11) is 0. The average Bonchev–Trinajstić information content (AvgIpc) is 2.44. The van der Waals surface area contributed by atoms with Gasteiger partial charge >= 0.3 is 0 Å². The number of aryl methyl sites for hydroxylation is 3. The quantitative estimate of drug-likeness (QED) is 0.735. The molecule has 3 heteroatoms. The van der Waals surface area contributed by atoms with Crippen molar-refractivity contribution in [3.8, 4) is 5.69 Å². The van der Waals surface area contributed by atoms with Gasteiger partial charge in [0.1, 0.15) is 0 Å². The zero-order valence-electron chi connectivity index (χ0n) is 10.0. The molecular weight excluding hydrogens is 220 g/mol. The van der Waals surface area contributed by atoms with Crippen molar-refractivity contribution in [2.45, 2.75) is 27.7 Å². The fraction of sp³-hybridized carbons (Fsp3) is 0.308. The van der Waals surface area contributed by atoms with E-state index in [1.54, 1.807) is 0 Å². The molecule has 0 amide bonds. The van der Waals surface area contributed by atoms with Crippen LogP contribution in [0.1, 0.15) is 22.5 Å². The molecule has 0 aliphatic carbocycles. The highest BCUT2D eigenvalue weighted by atomic mass is 35.5. The Labute approximate surface area is 101 Å². The van der Waals surface area contributed by atoms with E-state index < -0.39 is 0 Å². The second-order valence-corrected chi connectivity index (χ2v) is 4.62. The van der Waals surface area contributed by atoms with Crippen LogP contribution in [0.2, 0.25) is 5.02 Å². The number of hydrogen-bond donors (Lipinski definition) is 0. The third-order valence-corrected chi connectivity index (χ3v) is 3.20. The Morgan fingerprint density at radius 1 is 1.00 bits per heavy atom. The first-order valence-corrected chi connectivity index (χ1v) is 5.67. The second-order valence-electron chi connectivity index (χ2n) is 4.24. The molecule has 0 N–H and O–H groups in total. The summed E-state index contributed by atoms with van der Waals surface area (Å²) in [5, 5.41) is 5.20. The van der Waals surface area contributed by atoms with E-state index in [0.717, 1.165) is 22.1 Å². The minimum atomic E-state index is 0.749. The molecule has 0 atom stereocenters. The summed E-state index contributed by atoms with van der Waals surface area (Å²) < 4.78 is 1.90. The van der Waals surface area contributed by atoms with Crippen LogP contribution in [0.25, 0.3) is 5.69 Å². The lowest BCUT2D eigenvalue weighted by atomic mass is 10.1. The Kier molecular flexibility index (Phi) is 2.76. The van der Waals surface area contributed by atoms with Gasteiger partial charge in [0, 0.05) is 0 Å². The van der Waals surface area contributed by atoms with E-state index in [0.29, 0.717) is 0 Å². The van der Waals surface area contributed by atoms with E-state index in [9.17, 15) is 0 Å². The molecule has 0 radical (unpaired) electrons. The molecule has 1 aromatic heterocycles. The third-order valence-electron chi connectivity index (χ3n) is 2.65. The van der Waals surface area contributed by atoms with E-state index in [1.807, 2.05) is 18.5 Å². The van der Waals surface area contributed by atoms with Gasteiger partial charge in [0.25, 0.3) is 0 Å². The fourth-order valence-corrected chi connectivity index (χ4v) is 2.07. The van der Waals surface area contributed by atoms with Crippen molar-refractivity contribution in [3.63, 3.8) is 0 Å². The van der Waals surface area contributed by atoms with Crippen LogP contribution >= 0.6 is 11.6 Å². The van der Waals surface area contributed by atoms with E-state index in [4.69, 9.17) is 11.6 Å². The maximum atomic E-state index is 6.14. The van der Waals surface area contributed by atoms with Crippen LogP contribution in [0.15, 0.2) is 18.2 Å². The Balaban J connectivity index is 2.62. The molecule has 2 rings (SSSR count). The van der Waals surface area contributed by atoms with Crippen LogP contribution < -0.4 is 0 Å². The molecule has 0 saturated heterocycles. The Hall–Kier alpha value is -1.28. The number of benzene rings is 1. The fourth-order valence-electron chi connectivity index (χ4n) is 1.95. The minimum Gasteiger partial charge on any atom is -0.236 e. The Morgan fingerprint density at radius 2 is 1.56 bits per heavy atom. The molecule has 0 unspecified atom stereocenters. The molecule has 2 aromatic rings. The van der Waals surface area contributed by atoms with E-state index in [2.05, 4.69) is 37.1 Å². The summed E-state index contributed by atoms with van der Waals surface area (Å²) in [5.41, 5.74) is 5.41. The van der Waals surface area contributed by atoms with Crippen LogP contribution in [0, 0.1) is 27.7 Å². The molecule has 2 nitrogen and oxygen atoms in total. The molecule has 0 fully saturated rings. The summed E-state index contributed by atoms with van der Waals surface area (Å²) in [6.45, 7) is 8.09. The van der Waals surface area contributed by atoms with E-state index in [1.165, 1.54) is 11.1 Å². The average molecular weight is 235 g/mol. The summed E-state index contributed by atoms with van der Waals surface area (Å²) in [5.74, 6) is 0. The van der Waals surface area contributed by atoms with Gasteiger partial charge in [0.2, 0.25) is 0 Å². The van der Waals surface area contributed by atoms with Crippen LogP contribution in [-0.2, 0) is 0 Å². The van der Waals surface area contributed by atoms with Crippen molar-refractivity contribution in [3.05, 3.63) is 45.7 Å². The normalized spacial score (nSPS) is 10.8. The predicted molar refractivity (Wildman–Crippen MR) is 67.5 cm³/mol. The summed E-state index contributed by atoms with van der Waals surface area (Å²) in [4.78, 5) is 0. The van der Waals surface area contributed by atoms with Gasteiger partial charge in [-0.1, -0.05) is 17.7 Å². The maximum absolute atomic E-state index is 6.14. The molecule has 0 aliphatic rings. The van der Waals surface area contributed by atoms with E-state index >= 15 is 0 Å². The largest absolute Gasteiger partial charge is 0.236 e. The molecule has 84 valence electrons. The van der Waals surface area contributed by atoms with Gasteiger partial charge in [-0.3, -0.25) is 0 Å². The highest BCUT2D eigenvalue weighted by Gasteiger charge is 2.10. The lowest BCUT2D eigenvalue weighted by Crippen LogP contribution is -2.00. The summed E-state index contributed by atoms with van der Waals surface area (Å²) >= 11 is 6.14. The lowest BCUT2D eigenvalue weighted by Gasteiger charge is -2.07. The van der Waals surface area contributed by atoms with Crippen molar-refractivity contribution in [1.82, 2.24) is 9.78 Å². The first-order chi connectivity index (χ1) is 7.49. The Morgan fingerprint density at radius 3 is 2.00 bits per heavy atom. The zero-order chi connectivity index (χ0) is 11.9. The molecule has 0 spiro atoms. The van der Waals surface area contributed by atoms with Gasteiger partial charge in [-0.2, -0.15) is 5.10 Å². The van der Waals surface area contributed by atoms with Gasteiger partial charge < -0.3 is 0 Å². The highest BCUT2D eigenvalue weighted by Crippen LogP contribution is 2.23. The molecular formula is C13H15ClN2. The van der Waals surface area contributed by atoms with Crippen molar-refractivity contribution < 1.29 is 0 Å². The van der Waals surface area contributed by atoms with Gasteiger partial charge in [-0.15, -0.1) is 0 Å². The summed E-state index contributed by atoms with van der Waals surface area (Å²) in [6, 6.07) is 6.38. The first kappa shape index (κ1) is 11.2. The van der Waals surface area contributed by atoms with Gasteiger partial charge in [-0.05, 0) is 51.0 Å². The standard InChI is InChI=1S/C13H15ClN2/c1-8-5-9(2)7-12(6-8)16-11(4)13(14)10(3)15-16/h5-7H,1-4H3. The molecule has 0 saturated carbocycles. The van der Waals surface area contributed by atoms with Crippen molar-refractivity contribution in [2.75, 3.05) is 0 Å². The molecule has 1 aromatic carbocycles. The maximum Gasteiger partial charge on any atom is 0.0848 e. The van der Waals surface area contributed by atoms with Crippen molar-refractivity contribution in [2.24, 2.45) is 0 Å². The molecule has 1 heterocycles. The topological polar surface area (TPSA) is 17.8 Å².